The smallest absolute Gasteiger partial charge is 0.206 e. The zero-order valence-electron chi connectivity index (χ0n) is 7.57. The molecule has 0 aliphatic heterocycles. The quantitative estimate of drug-likeness (QED) is 0.231. The van der Waals surface area contributed by atoms with Crippen molar-refractivity contribution in [3.8, 4) is 0 Å². The molecular formula is C7H14O7. The van der Waals surface area contributed by atoms with Crippen LogP contribution in [-0.4, -0.2) is 63.7 Å². The number of carbonyl (C=O) groups is 1. The molecule has 0 fully saturated rings. The minimum Gasteiger partial charge on any atom is -0.395 e. The van der Waals surface area contributed by atoms with Crippen molar-refractivity contribution >= 4 is 6.29 Å². The molecule has 0 aliphatic rings. The Hall–Kier alpha value is -0.570. The van der Waals surface area contributed by atoms with Crippen LogP contribution in [0.1, 0.15) is 0 Å². The van der Waals surface area contributed by atoms with E-state index in [4.69, 9.17) is 15.3 Å². The molecule has 0 amide bonds. The van der Waals surface area contributed by atoms with Crippen molar-refractivity contribution in [1.82, 2.24) is 0 Å². The summed E-state index contributed by atoms with van der Waals surface area (Å²) in [5.41, 5.74) is 0. The highest BCUT2D eigenvalue weighted by molar-refractivity contribution is 5.55. The van der Waals surface area contributed by atoms with E-state index in [1.54, 1.807) is 0 Å². The van der Waals surface area contributed by atoms with E-state index >= 15 is 0 Å². The van der Waals surface area contributed by atoms with Crippen LogP contribution in [-0.2, 0) is 9.53 Å². The second-order valence-electron chi connectivity index (χ2n) is 2.78. The lowest BCUT2D eigenvalue weighted by molar-refractivity contribution is -0.301. The van der Waals surface area contributed by atoms with Crippen LogP contribution < -0.4 is 0 Å². The Kier molecular flexibility index (Phi) is 5.13. The van der Waals surface area contributed by atoms with Gasteiger partial charge in [0, 0.05) is 7.11 Å². The fraction of sp³-hybridized carbons (Fsp3) is 0.857. The van der Waals surface area contributed by atoms with E-state index < -0.39 is 30.7 Å². The van der Waals surface area contributed by atoms with Crippen molar-refractivity contribution < 1.29 is 35.1 Å². The maximum absolute atomic E-state index is 10.3. The molecule has 7 nitrogen and oxygen atoms in total. The van der Waals surface area contributed by atoms with E-state index in [9.17, 15) is 15.0 Å². The van der Waals surface area contributed by atoms with Crippen molar-refractivity contribution in [3.05, 3.63) is 0 Å². The minimum absolute atomic E-state index is 0.0611. The first-order chi connectivity index (χ1) is 6.41. The molecule has 0 rings (SSSR count). The van der Waals surface area contributed by atoms with Gasteiger partial charge in [-0.15, -0.1) is 0 Å². The molecule has 84 valence electrons. The number of aldehydes is 1. The summed E-state index contributed by atoms with van der Waals surface area (Å²) in [6, 6.07) is 0. The summed E-state index contributed by atoms with van der Waals surface area (Å²) in [5, 5.41) is 45.1. The zero-order chi connectivity index (χ0) is 11.4. The zero-order valence-corrected chi connectivity index (χ0v) is 7.57. The molecule has 0 aliphatic carbocycles. The lowest BCUT2D eigenvalue weighted by Crippen LogP contribution is -2.56. The van der Waals surface area contributed by atoms with Gasteiger partial charge in [-0.25, -0.2) is 0 Å². The highest BCUT2D eigenvalue weighted by Crippen LogP contribution is 2.19. The van der Waals surface area contributed by atoms with Crippen LogP contribution in [0.2, 0.25) is 0 Å². The van der Waals surface area contributed by atoms with Crippen LogP contribution in [0.5, 0.6) is 0 Å². The Morgan fingerprint density at radius 1 is 1.43 bits per heavy atom. The predicted octanol–water partition coefficient (Wildman–Crippen LogP) is -3.20. The third-order valence-corrected chi connectivity index (χ3v) is 1.85. The lowest BCUT2D eigenvalue weighted by Gasteiger charge is -2.32. The average molecular weight is 210 g/mol. The van der Waals surface area contributed by atoms with Crippen LogP contribution >= 0.6 is 0 Å². The standard InChI is InChI=1S/C7H14O7/c1-14-6(11)5(10)7(12,13)4(2-8)3-9/h2,4-6,9-13H,3H2,1H3. The topological polar surface area (TPSA) is 127 Å². The van der Waals surface area contributed by atoms with E-state index in [0.29, 0.717) is 0 Å². The van der Waals surface area contributed by atoms with Gasteiger partial charge >= 0.3 is 0 Å². The fourth-order valence-electron chi connectivity index (χ4n) is 0.836. The third-order valence-electron chi connectivity index (χ3n) is 1.85. The summed E-state index contributed by atoms with van der Waals surface area (Å²) in [6.45, 7) is -0.871. The summed E-state index contributed by atoms with van der Waals surface area (Å²) >= 11 is 0. The Balaban J connectivity index is 4.64. The van der Waals surface area contributed by atoms with E-state index in [2.05, 4.69) is 4.74 Å². The predicted molar refractivity (Wildman–Crippen MR) is 42.8 cm³/mol. The number of aliphatic hydroxyl groups excluding tert-OH is 3. The number of aliphatic hydroxyl groups is 5. The summed E-state index contributed by atoms with van der Waals surface area (Å²) in [6.07, 6.45) is -3.92. The first-order valence-electron chi connectivity index (χ1n) is 3.81. The van der Waals surface area contributed by atoms with E-state index in [0.717, 1.165) is 7.11 Å². The Bertz CT molecular complexity index is 181. The molecule has 0 spiro atoms. The van der Waals surface area contributed by atoms with Gasteiger partial charge in [0.1, 0.15) is 6.29 Å². The highest BCUT2D eigenvalue weighted by Gasteiger charge is 2.45. The number of hydrogen-bond acceptors (Lipinski definition) is 7. The molecule has 0 radical (unpaired) electrons. The number of ether oxygens (including phenoxy) is 1. The van der Waals surface area contributed by atoms with E-state index in [1.807, 2.05) is 0 Å². The van der Waals surface area contributed by atoms with Crippen LogP contribution in [0.15, 0.2) is 0 Å². The van der Waals surface area contributed by atoms with Crippen molar-refractivity contribution in [2.45, 2.75) is 18.2 Å². The number of rotatable bonds is 6. The molecule has 0 aromatic rings. The van der Waals surface area contributed by atoms with Gasteiger partial charge in [0.05, 0.1) is 12.5 Å². The van der Waals surface area contributed by atoms with E-state index in [-0.39, 0.29) is 6.29 Å². The maximum Gasteiger partial charge on any atom is 0.206 e. The normalized spacial score (nSPS) is 18.7. The van der Waals surface area contributed by atoms with Crippen LogP contribution in [0, 0.1) is 5.92 Å². The largest absolute Gasteiger partial charge is 0.395 e. The molecule has 0 saturated carbocycles. The van der Waals surface area contributed by atoms with Crippen LogP contribution in [0.4, 0.5) is 0 Å². The van der Waals surface area contributed by atoms with Gasteiger partial charge in [-0.2, -0.15) is 0 Å². The van der Waals surface area contributed by atoms with Crippen LogP contribution in [0.3, 0.4) is 0 Å². The first kappa shape index (κ1) is 13.4. The number of methoxy groups -OCH3 is 1. The van der Waals surface area contributed by atoms with Gasteiger partial charge in [-0.1, -0.05) is 0 Å². The summed E-state index contributed by atoms with van der Waals surface area (Å²) in [4.78, 5) is 10.3. The van der Waals surface area contributed by atoms with E-state index in [1.165, 1.54) is 0 Å². The van der Waals surface area contributed by atoms with Crippen molar-refractivity contribution in [2.24, 2.45) is 5.92 Å². The molecule has 0 saturated heterocycles. The first-order valence-corrected chi connectivity index (χ1v) is 3.81. The summed E-state index contributed by atoms with van der Waals surface area (Å²) < 4.78 is 4.23. The van der Waals surface area contributed by atoms with Gasteiger partial charge in [-0.3, -0.25) is 0 Å². The Morgan fingerprint density at radius 3 is 2.21 bits per heavy atom. The summed E-state index contributed by atoms with van der Waals surface area (Å²) in [5.74, 6) is -4.56. The van der Waals surface area contributed by atoms with Gasteiger partial charge in [0.2, 0.25) is 5.79 Å². The van der Waals surface area contributed by atoms with Crippen molar-refractivity contribution in [2.75, 3.05) is 13.7 Å². The molecule has 14 heavy (non-hydrogen) atoms. The maximum atomic E-state index is 10.3. The van der Waals surface area contributed by atoms with Gasteiger partial charge in [0.25, 0.3) is 0 Å². The Labute approximate surface area is 80.2 Å². The molecule has 7 heteroatoms. The third kappa shape index (κ3) is 2.71. The highest BCUT2D eigenvalue weighted by atomic mass is 16.6. The molecule has 0 heterocycles. The fourth-order valence-corrected chi connectivity index (χ4v) is 0.836. The molecule has 3 atom stereocenters. The Morgan fingerprint density at radius 2 is 1.93 bits per heavy atom. The molecular weight excluding hydrogens is 196 g/mol. The average Bonchev–Trinajstić information content (AvgIpc) is 2.16. The SMILES string of the molecule is COC(O)C(O)C(O)(O)C(C=O)CO. The van der Waals surface area contributed by atoms with Gasteiger partial charge in [0.15, 0.2) is 12.4 Å². The molecule has 3 unspecified atom stereocenters. The molecule has 0 aromatic heterocycles. The summed E-state index contributed by atoms with van der Waals surface area (Å²) in [7, 11) is 1.03. The molecule has 0 bridgehead atoms. The van der Waals surface area contributed by atoms with Crippen molar-refractivity contribution in [3.63, 3.8) is 0 Å². The minimum atomic E-state index is -2.94. The number of carbonyl (C=O) groups excluding carboxylic acids is 1. The monoisotopic (exact) mass is 210 g/mol. The van der Waals surface area contributed by atoms with Crippen LogP contribution in [0.25, 0.3) is 0 Å². The number of hydrogen-bond donors (Lipinski definition) is 5. The molecule has 0 aromatic carbocycles. The van der Waals surface area contributed by atoms with Gasteiger partial charge in [-0.05, 0) is 0 Å². The lowest BCUT2D eigenvalue weighted by atomic mass is 9.95. The second-order valence-corrected chi connectivity index (χ2v) is 2.78. The van der Waals surface area contributed by atoms with Crippen molar-refractivity contribution in [1.29, 1.82) is 0 Å². The second kappa shape index (κ2) is 5.35. The van der Waals surface area contributed by atoms with Gasteiger partial charge < -0.3 is 35.1 Å². The molecule has 5 N–H and O–H groups in total.